The molecule has 0 bridgehead atoms. The number of aryl methyl sites for hydroxylation is 2. The molecule has 0 saturated carbocycles. The number of halogens is 3. The SMILES string of the molecule is CCCC(F)=C(F)c1ccc(CCc2ccc(F)cc2)cc1. The molecule has 2 aromatic rings. The van der Waals surface area contributed by atoms with Crippen molar-refractivity contribution in [1.29, 1.82) is 0 Å². The molecule has 0 aliphatic carbocycles. The fourth-order valence-electron chi connectivity index (χ4n) is 2.24. The second kappa shape index (κ2) is 7.83. The Morgan fingerprint density at radius 3 is 1.82 bits per heavy atom. The molecule has 116 valence electrons. The molecule has 0 spiro atoms. The van der Waals surface area contributed by atoms with Gasteiger partial charge in [-0.3, -0.25) is 0 Å². The maximum Gasteiger partial charge on any atom is 0.161 e. The van der Waals surface area contributed by atoms with Crippen LogP contribution < -0.4 is 0 Å². The van der Waals surface area contributed by atoms with Crippen molar-refractivity contribution in [3.8, 4) is 0 Å². The second-order valence-electron chi connectivity index (χ2n) is 5.29. The molecule has 22 heavy (non-hydrogen) atoms. The summed E-state index contributed by atoms with van der Waals surface area (Å²) < 4.78 is 40.1. The molecule has 0 aliphatic heterocycles. The van der Waals surface area contributed by atoms with Gasteiger partial charge in [0.25, 0.3) is 0 Å². The second-order valence-corrected chi connectivity index (χ2v) is 5.29. The smallest absolute Gasteiger partial charge is 0.161 e. The molecule has 2 rings (SSSR count). The molecule has 3 heteroatoms. The maximum absolute atomic E-state index is 13.8. The molecular formula is C19H19F3. The number of hydrogen-bond acceptors (Lipinski definition) is 0. The van der Waals surface area contributed by atoms with E-state index in [0.29, 0.717) is 6.42 Å². The van der Waals surface area contributed by atoms with E-state index in [-0.39, 0.29) is 17.8 Å². The van der Waals surface area contributed by atoms with Crippen LogP contribution in [0.2, 0.25) is 0 Å². The van der Waals surface area contributed by atoms with Gasteiger partial charge in [0.15, 0.2) is 5.83 Å². The highest BCUT2D eigenvalue weighted by molar-refractivity contribution is 5.61. The molecule has 0 heterocycles. The first kappa shape index (κ1) is 16.3. The van der Waals surface area contributed by atoms with E-state index in [0.717, 1.165) is 24.0 Å². The van der Waals surface area contributed by atoms with Crippen LogP contribution in [0.25, 0.3) is 5.83 Å². The van der Waals surface area contributed by atoms with E-state index in [4.69, 9.17) is 0 Å². The summed E-state index contributed by atoms with van der Waals surface area (Å²) in [5.74, 6) is -1.71. The monoisotopic (exact) mass is 304 g/mol. The third-order valence-electron chi connectivity index (χ3n) is 3.53. The minimum Gasteiger partial charge on any atom is -0.209 e. The van der Waals surface area contributed by atoms with Crippen molar-refractivity contribution in [3.05, 3.63) is 76.9 Å². The molecule has 0 N–H and O–H groups in total. The van der Waals surface area contributed by atoms with Crippen LogP contribution >= 0.6 is 0 Å². The van der Waals surface area contributed by atoms with E-state index < -0.39 is 11.7 Å². The summed E-state index contributed by atoms with van der Waals surface area (Å²) in [6.45, 7) is 1.81. The van der Waals surface area contributed by atoms with Crippen LogP contribution in [0, 0.1) is 5.82 Å². The summed E-state index contributed by atoms with van der Waals surface area (Å²) in [6, 6.07) is 13.2. The van der Waals surface area contributed by atoms with Crippen molar-refractivity contribution in [3.63, 3.8) is 0 Å². The van der Waals surface area contributed by atoms with Gasteiger partial charge in [0, 0.05) is 12.0 Å². The van der Waals surface area contributed by atoms with Crippen LogP contribution in [0.4, 0.5) is 13.2 Å². The first-order chi connectivity index (χ1) is 10.6. The van der Waals surface area contributed by atoms with Crippen LogP contribution in [-0.2, 0) is 12.8 Å². The van der Waals surface area contributed by atoms with Gasteiger partial charge < -0.3 is 0 Å². The topological polar surface area (TPSA) is 0 Å². The highest BCUT2D eigenvalue weighted by atomic mass is 19.2. The first-order valence-corrected chi connectivity index (χ1v) is 7.48. The average Bonchev–Trinajstić information content (AvgIpc) is 2.54. The molecule has 2 aromatic carbocycles. The molecule has 0 saturated heterocycles. The predicted molar refractivity (Wildman–Crippen MR) is 84.3 cm³/mol. The summed E-state index contributed by atoms with van der Waals surface area (Å²) in [6.07, 6.45) is 2.25. The van der Waals surface area contributed by atoms with Crippen LogP contribution in [0.15, 0.2) is 54.4 Å². The standard InChI is InChI=1S/C19H19F3/c1-2-3-18(21)19(22)16-10-6-14(7-11-16)4-5-15-8-12-17(20)13-9-15/h6-13H,2-5H2,1H3. The van der Waals surface area contributed by atoms with Crippen molar-refractivity contribution < 1.29 is 13.2 Å². The molecular weight excluding hydrogens is 285 g/mol. The summed E-state index contributed by atoms with van der Waals surface area (Å²) in [5.41, 5.74) is 2.36. The van der Waals surface area contributed by atoms with Crippen LogP contribution in [0.5, 0.6) is 0 Å². The van der Waals surface area contributed by atoms with Gasteiger partial charge in [0.05, 0.1) is 0 Å². The summed E-state index contributed by atoms with van der Waals surface area (Å²) >= 11 is 0. The Morgan fingerprint density at radius 2 is 1.32 bits per heavy atom. The van der Waals surface area contributed by atoms with Gasteiger partial charge in [-0.1, -0.05) is 43.3 Å². The van der Waals surface area contributed by atoms with Crippen molar-refractivity contribution in [2.24, 2.45) is 0 Å². The lowest BCUT2D eigenvalue weighted by molar-refractivity contribution is 0.559. The van der Waals surface area contributed by atoms with E-state index in [9.17, 15) is 13.2 Å². The number of benzene rings is 2. The van der Waals surface area contributed by atoms with Gasteiger partial charge in [0.1, 0.15) is 11.6 Å². The Morgan fingerprint density at radius 1 is 0.818 bits per heavy atom. The molecule has 0 fully saturated rings. The zero-order valence-electron chi connectivity index (χ0n) is 12.6. The zero-order valence-corrected chi connectivity index (χ0v) is 12.6. The summed E-state index contributed by atoms with van der Waals surface area (Å²) in [5, 5.41) is 0. The highest BCUT2D eigenvalue weighted by Crippen LogP contribution is 2.24. The quantitative estimate of drug-likeness (QED) is 0.612. The third kappa shape index (κ3) is 4.48. The Kier molecular flexibility index (Phi) is 5.82. The van der Waals surface area contributed by atoms with Crippen molar-refractivity contribution >= 4 is 5.83 Å². The van der Waals surface area contributed by atoms with E-state index in [1.807, 2.05) is 6.92 Å². The molecule has 0 unspecified atom stereocenters. The van der Waals surface area contributed by atoms with E-state index >= 15 is 0 Å². The fraction of sp³-hybridized carbons (Fsp3) is 0.263. The van der Waals surface area contributed by atoms with Gasteiger partial charge in [-0.25, -0.2) is 13.2 Å². The van der Waals surface area contributed by atoms with Gasteiger partial charge in [-0.15, -0.1) is 0 Å². The number of allylic oxidation sites excluding steroid dienone is 1. The van der Waals surface area contributed by atoms with Crippen molar-refractivity contribution in [2.45, 2.75) is 32.6 Å². The molecule has 0 aromatic heterocycles. The van der Waals surface area contributed by atoms with Crippen LogP contribution in [0.3, 0.4) is 0 Å². The first-order valence-electron chi connectivity index (χ1n) is 7.48. The minimum absolute atomic E-state index is 0.123. The minimum atomic E-state index is -0.771. The largest absolute Gasteiger partial charge is 0.209 e. The fourth-order valence-corrected chi connectivity index (χ4v) is 2.24. The van der Waals surface area contributed by atoms with Gasteiger partial charge in [-0.2, -0.15) is 0 Å². The molecule has 0 aliphatic rings. The van der Waals surface area contributed by atoms with Crippen LogP contribution in [0.1, 0.15) is 36.5 Å². The van der Waals surface area contributed by atoms with Gasteiger partial charge in [-0.05, 0) is 42.5 Å². The summed E-state index contributed by atoms with van der Waals surface area (Å²) in [4.78, 5) is 0. The average molecular weight is 304 g/mol. The lowest BCUT2D eigenvalue weighted by Gasteiger charge is -2.05. The number of hydrogen-bond donors (Lipinski definition) is 0. The third-order valence-corrected chi connectivity index (χ3v) is 3.53. The molecule has 0 amide bonds. The van der Waals surface area contributed by atoms with Crippen molar-refractivity contribution in [2.75, 3.05) is 0 Å². The Hall–Kier alpha value is -2.03. The Labute approximate surface area is 129 Å². The number of rotatable bonds is 6. The molecule has 0 radical (unpaired) electrons. The lowest BCUT2D eigenvalue weighted by Crippen LogP contribution is -1.92. The lowest BCUT2D eigenvalue weighted by atomic mass is 10.0. The zero-order chi connectivity index (χ0) is 15.9. The van der Waals surface area contributed by atoms with Gasteiger partial charge in [0.2, 0.25) is 0 Å². The normalized spacial score (nSPS) is 12.2. The van der Waals surface area contributed by atoms with E-state index in [1.165, 1.54) is 12.1 Å². The van der Waals surface area contributed by atoms with E-state index in [2.05, 4.69) is 0 Å². The highest BCUT2D eigenvalue weighted by Gasteiger charge is 2.08. The molecule has 0 atom stereocenters. The van der Waals surface area contributed by atoms with Gasteiger partial charge >= 0.3 is 0 Å². The van der Waals surface area contributed by atoms with Crippen LogP contribution in [-0.4, -0.2) is 0 Å². The predicted octanol–water partition coefficient (Wildman–Crippen LogP) is 6.02. The van der Waals surface area contributed by atoms with E-state index in [1.54, 1.807) is 36.4 Å². The summed E-state index contributed by atoms with van der Waals surface area (Å²) in [7, 11) is 0. The Balaban J connectivity index is 2.00. The maximum atomic E-state index is 13.8. The van der Waals surface area contributed by atoms with Crippen molar-refractivity contribution in [1.82, 2.24) is 0 Å². The molecule has 0 nitrogen and oxygen atoms in total. The Bertz CT molecular complexity index is 625.